The summed E-state index contributed by atoms with van der Waals surface area (Å²) < 4.78 is 15.6. The van der Waals surface area contributed by atoms with E-state index < -0.39 is 0 Å². The largest absolute Gasteiger partial charge is 0.349 e. The van der Waals surface area contributed by atoms with Gasteiger partial charge in [-0.3, -0.25) is 0 Å². The summed E-state index contributed by atoms with van der Waals surface area (Å²) in [6, 6.07) is 6.79. The molecule has 0 aliphatic rings. The lowest BCUT2D eigenvalue weighted by Crippen LogP contribution is -2.11. The molecule has 0 radical (unpaired) electrons. The zero-order chi connectivity index (χ0) is 13.0. The van der Waals surface area contributed by atoms with Gasteiger partial charge in [0.15, 0.2) is 0 Å². The molecule has 0 fully saturated rings. The van der Waals surface area contributed by atoms with Crippen LogP contribution >= 0.6 is 11.6 Å². The van der Waals surface area contributed by atoms with Crippen molar-refractivity contribution in [1.82, 2.24) is 9.88 Å². The van der Waals surface area contributed by atoms with Gasteiger partial charge in [-0.25, -0.2) is 4.39 Å². The molecule has 0 aliphatic carbocycles. The minimum Gasteiger partial charge on any atom is -0.349 e. The Morgan fingerprint density at radius 1 is 1.33 bits per heavy atom. The fourth-order valence-electron chi connectivity index (χ4n) is 1.83. The summed E-state index contributed by atoms with van der Waals surface area (Å²) in [7, 11) is 0. The lowest BCUT2D eigenvalue weighted by molar-refractivity contribution is 0.599. The summed E-state index contributed by atoms with van der Waals surface area (Å²) in [4.78, 5) is 0. The smallest absolute Gasteiger partial charge is 0.129 e. The molecule has 0 bridgehead atoms. The van der Waals surface area contributed by atoms with Gasteiger partial charge in [-0.2, -0.15) is 0 Å². The molecule has 0 unspecified atom stereocenters. The normalized spacial score (nSPS) is 10.8. The molecule has 2 nitrogen and oxygen atoms in total. The van der Waals surface area contributed by atoms with E-state index in [-0.39, 0.29) is 5.82 Å². The maximum absolute atomic E-state index is 13.6. The summed E-state index contributed by atoms with van der Waals surface area (Å²) in [5.41, 5.74) is 1.72. The van der Waals surface area contributed by atoms with Gasteiger partial charge in [0.25, 0.3) is 0 Å². The van der Waals surface area contributed by atoms with Gasteiger partial charge in [0.05, 0.1) is 6.54 Å². The third kappa shape index (κ3) is 3.12. The van der Waals surface area contributed by atoms with Crippen LogP contribution in [0.2, 0.25) is 5.02 Å². The summed E-state index contributed by atoms with van der Waals surface area (Å²) in [5.74, 6) is -0.260. The molecule has 1 heterocycles. The number of nitrogens with zero attached hydrogens (tertiary/aromatic N) is 1. The highest BCUT2D eigenvalue weighted by atomic mass is 35.5. The van der Waals surface area contributed by atoms with Crippen LogP contribution in [-0.2, 0) is 13.1 Å². The molecule has 1 aromatic heterocycles. The highest BCUT2D eigenvalue weighted by Crippen LogP contribution is 2.20. The Hall–Kier alpha value is -1.32. The van der Waals surface area contributed by atoms with Crippen LogP contribution in [0.3, 0.4) is 0 Å². The number of halogens is 2. The van der Waals surface area contributed by atoms with Crippen molar-refractivity contribution in [3.05, 3.63) is 58.6 Å². The molecule has 0 amide bonds. The van der Waals surface area contributed by atoms with Crippen LogP contribution in [0.15, 0.2) is 36.7 Å². The predicted molar refractivity (Wildman–Crippen MR) is 72.3 cm³/mol. The van der Waals surface area contributed by atoms with Gasteiger partial charge in [-0.05, 0) is 30.3 Å². The standard InChI is InChI=1S/C14H16ClFN2/c1-2-17-8-11-6-7-18(9-11)10-12-13(15)4-3-5-14(12)16/h3-7,9,17H,2,8,10H2,1H3. The maximum atomic E-state index is 13.6. The average molecular weight is 267 g/mol. The van der Waals surface area contributed by atoms with Crippen LogP contribution in [0, 0.1) is 5.82 Å². The Labute approximate surface area is 111 Å². The molecule has 18 heavy (non-hydrogen) atoms. The van der Waals surface area contributed by atoms with Crippen LogP contribution in [0.5, 0.6) is 0 Å². The topological polar surface area (TPSA) is 17.0 Å². The minimum atomic E-state index is -0.260. The van der Waals surface area contributed by atoms with E-state index in [1.807, 2.05) is 23.0 Å². The molecule has 1 aromatic carbocycles. The fraction of sp³-hybridized carbons (Fsp3) is 0.286. The second-order valence-corrected chi connectivity index (χ2v) is 4.58. The van der Waals surface area contributed by atoms with E-state index >= 15 is 0 Å². The molecule has 0 spiro atoms. The first-order valence-electron chi connectivity index (χ1n) is 5.99. The lowest BCUT2D eigenvalue weighted by atomic mass is 10.2. The van der Waals surface area contributed by atoms with Crippen molar-refractivity contribution in [3.8, 4) is 0 Å². The summed E-state index contributed by atoms with van der Waals surface area (Å²) in [6.07, 6.45) is 3.95. The first-order valence-corrected chi connectivity index (χ1v) is 6.36. The second kappa shape index (κ2) is 6.03. The highest BCUT2D eigenvalue weighted by Gasteiger charge is 2.07. The molecule has 0 saturated heterocycles. The van der Waals surface area contributed by atoms with Crippen molar-refractivity contribution in [3.63, 3.8) is 0 Å². The van der Waals surface area contributed by atoms with Crippen molar-refractivity contribution < 1.29 is 4.39 Å². The molecule has 1 N–H and O–H groups in total. The van der Waals surface area contributed by atoms with E-state index in [9.17, 15) is 4.39 Å². The van der Waals surface area contributed by atoms with E-state index in [1.165, 1.54) is 11.6 Å². The molecular weight excluding hydrogens is 251 g/mol. The van der Waals surface area contributed by atoms with Crippen LogP contribution in [0.25, 0.3) is 0 Å². The van der Waals surface area contributed by atoms with E-state index in [2.05, 4.69) is 12.2 Å². The maximum Gasteiger partial charge on any atom is 0.129 e. The number of nitrogens with one attached hydrogen (secondary N) is 1. The first-order chi connectivity index (χ1) is 8.70. The van der Waals surface area contributed by atoms with Crippen molar-refractivity contribution in [2.75, 3.05) is 6.54 Å². The quantitative estimate of drug-likeness (QED) is 0.877. The third-order valence-corrected chi connectivity index (χ3v) is 3.15. The number of aromatic nitrogens is 1. The van der Waals surface area contributed by atoms with Crippen molar-refractivity contribution in [2.24, 2.45) is 0 Å². The molecule has 2 rings (SSSR count). The summed E-state index contributed by atoms with van der Waals surface area (Å²) in [6.45, 7) is 4.28. The van der Waals surface area contributed by atoms with E-state index in [0.29, 0.717) is 17.1 Å². The van der Waals surface area contributed by atoms with Gasteiger partial charge in [0.2, 0.25) is 0 Å². The molecule has 2 aromatic rings. The Morgan fingerprint density at radius 2 is 2.17 bits per heavy atom. The number of hydrogen-bond donors (Lipinski definition) is 1. The number of hydrogen-bond acceptors (Lipinski definition) is 1. The number of benzene rings is 1. The Bertz CT molecular complexity index is 502. The highest BCUT2D eigenvalue weighted by molar-refractivity contribution is 6.31. The van der Waals surface area contributed by atoms with Crippen molar-refractivity contribution in [2.45, 2.75) is 20.0 Å². The van der Waals surface area contributed by atoms with Crippen molar-refractivity contribution >= 4 is 11.6 Å². The average Bonchev–Trinajstić information content (AvgIpc) is 2.79. The van der Waals surface area contributed by atoms with E-state index in [1.54, 1.807) is 12.1 Å². The van der Waals surface area contributed by atoms with Crippen molar-refractivity contribution in [1.29, 1.82) is 0 Å². The van der Waals surface area contributed by atoms with Crippen LogP contribution in [0.1, 0.15) is 18.1 Å². The predicted octanol–water partition coefficient (Wildman–Crippen LogP) is 3.44. The molecule has 0 saturated carbocycles. The van der Waals surface area contributed by atoms with Crippen LogP contribution in [-0.4, -0.2) is 11.1 Å². The summed E-state index contributed by atoms with van der Waals surface area (Å²) >= 11 is 6.00. The van der Waals surface area contributed by atoms with Gasteiger partial charge >= 0.3 is 0 Å². The SMILES string of the molecule is CCNCc1ccn(Cc2c(F)cccc2Cl)c1. The van der Waals surface area contributed by atoms with Gasteiger partial charge in [-0.15, -0.1) is 0 Å². The molecule has 96 valence electrons. The molecule has 0 atom stereocenters. The zero-order valence-electron chi connectivity index (χ0n) is 10.3. The van der Waals surface area contributed by atoms with Gasteiger partial charge in [0.1, 0.15) is 5.82 Å². The summed E-state index contributed by atoms with van der Waals surface area (Å²) in [5, 5.41) is 3.72. The van der Waals surface area contributed by atoms with Gasteiger partial charge in [0, 0.05) is 29.5 Å². The fourth-order valence-corrected chi connectivity index (χ4v) is 2.05. The molecular formula is C14H16ClFN2. The monoisotopic (exact) mass is 266 g/mol. The molecule has 4 heteroatoms. The Balaban J connectivity index is 2.11. The third-order valence-electron chi connectivity index (χ3n) is 2.79. The van der Waals surface area contributed by atoms with E-state index in [4.69, 9.17) is 11.6 Å². The minimum absolute atomic E-state index is 0.260. The van der Waals surface area contributed by atoms with Crippen LogP contribution in [0.4, 0.5) is 4.39 Å². The lowest BCUT2D eigenvalue weighted by Gasteiger charge is -2.07. The van der Waals surface area contributed by atoms with E-state index in [0.717, 1.165) is 13.1 Å². The van der Waals surface area contributed by atoms with Gasteiger partial charge < -0.3 is 9.88 Å². The first kappa shape index (κ1) is 13.1. The Morgan fingerprint density at radius 3 is 2.89 bits per heavy atom. The van der Waals surface area contributed by atoms with Gasteiger partial charge in [-0.1, -0.05) is 24.6 Å². The Kier molecular flexibility index (Phi) is 4.39. The number of rotatable bonds is 5. The van der Waals surface area contributed by atoms with Crippen LogP contribution < -0.4 is 5.32 Å². The second-order valence-electron chi connectivity index (χ2n) is 4.17. The zero-order valence-corrected chi connectivity index (χ0v) is 11.0. The molecule has 0 aliphatic heterocycles.